The van der Waals surface area contributed by atoms with Crippen LogP contribution in [0.5, 0.6) is 0 Å². The third kappa shape index (κ3) is 6.23. The fourth-order valence-corrected chi connectivity index (χ4v) is 5.09. The van der Waals surface area contributed by atoms with Crippen LogP contribution in [0.2, 0.25) is 5.32 Å². The van der Waals surface area contributed by atoms with Crippen LogP contribution < -0.4 is 4.46 Å². The van der Waals surface area contributed by atoms with Gasteiger partial charge in [0, 0.05) is 0 Å². The molecule has 1 fully saturated rings. The van der Waals surface area contributed by atoms with Gasteiger partial charge in [-0.15, -0.1) is 0 Å². The molecule has 1 amide bonds. The first kappa shape index (κ1) is 20.7. The molecule has 0 aromatic heterocycles. The molecule has 0 saturated carbocycles. The van der Waals surface area contributed by atoms with E-state index < -0.39 is 0 Å². The summed E-state index contributed by atoms with van der Waals surface area (Å²) in [5.74, 6) is 0. The van der Waals surface area contributed by atoms with Gasteiger partial charge in [-0.25, -0.2) is 0 Å². The van der Waals surface area contributed by atoms with E-state index in [1.807, 2.05) is 42.5 Å². The molecular formula is C23H27NO3Se. The Labute approximate surface area is 173 Å². The van der Waals surface area contributed by atoms with Crippen LogP contribution in [0.15, 0.2) is 73.3 Å². The number of hydrogen-bond acceptors (Lipinski definition) is 3. The zero-order valence-electron chi connectivity index (χ0n) is 16.0. The molecule has 1 aliphatic rings. The number of benzene rings is 2. The molecule has 5 heteroatoms. The molecule has 0 N–H and O–H groups in total. The maximum atomic E-state index is 12.9. The van der Waals surface area contributed by atoms with E-state index in [9.17, 15) is 4.79 Å². The molecule has 1 aliphatic heterocycles. The topological polar surface area (TPSA) is 38.8 Å². The van der Waals surface area contributed by atoms with E-state index in [0.717, 1.165) is 30.1 Å². The zero-order chi connectivity index (χ0) is 19.6. The second kappa shape index (κ2) is 11.1. The Hall–Kier alpha value is -2.07. The van der Waals surface area contributed by atoms with Gasteiger partial charge in [0.25, 0.3) is 0 Å². The third-order valence-corrected chi connectivity index (χ3v) is 6.87. The predicted octanol–water partition coefficient (Wildman–Crippen LogP) is 4.15. The number of hydrogen-bond donors (Lipinski definition) is 0. The van der Waals surface area contributed by atoms with E-state index in [-0.39, 0.29) is 40.0 Å². The molecule has 0 bridgehead atoms. The van der Waals surface area contributed by atoms with Crippen molar-refractivity contribution in [2.24, 2.45) is 0 Å². The molecule has 1 saturated heterocycles. The van der Waals surface area contributed by atoms with Crippen molar-refractivity contribution in [3.8, 4) is 0 Å². The monoisotopic (exact) mass is 445 g/mol. The van der Waals surface area contributed by atoms with Gasteiger partial charge in [0.05, 0.1) is 0 Å². The van der Waals surface area contributed by atoms with Crippen molar-refractivity contribution in [1.82, 2.24) is 4.90 Å². The molecule has 28 heavy (non-hydrogen) atoms. The van der Waals surface area contributed by atoms with Gasteiger partial charge in [-0.2, -0.15) is 0 Å². The van der Waals surface area contributed by atoms with Crippen LogP contribution in [-0.4, -0.2) is 44.8 Å². The minimum atomic E-state index is -0.303. The van der Waals surface area contributed by atoms with E-state index in [1.54, 1.807) is 4.90 Å². The van der Waals surface area contributed by atoms with E-state index in [1.165, 1.54) is 4.46 Å². The molecule has 0 spiro atoms. The van der Waals surface area contributed by atoms with Gasteiger partial charge >= 0.3 is 174 Å². The van der Waals surface area contributed by atoms with Crippen LogP contribution >= 0.6 is 0 Å². The van der Waals surface area contributed by atoms with Crippen molar-refractivity contribution in [3.05, 3.63) is 78.9 Å². The number of carbonyl (C=O) groups excluding carboxylic acids is 1. The zero-order valence-corrected chi connectivity index (χ0v) is 17.7. The molecule has 4 nitrogen and oxygen atoms in total. The second-order valence-corrected chi connectivity index (χ2v) is 9.01. The number of rotatable bonds is 6. The molecule has 0 aliphatic carbocycles. The normalized spacial score (nSPS) is 20.1. The first-order chi connectivity index (χ1) is 13.8. The average molecular weight is 444 g/mol. The van der Waals surface area contributed by atoms with Crippen LogP contribution in [0.25, 0.3) is 0 Å². The molecule has 3 rings (SSSR count). The molecular weight excluding hydrogens is 417 g/mol. The summed E-state index contributed by atoms with van der Waals surface area (Å²) in [5, 5.41) is 0.793. The van der Waals surface area contributed by atoms with Gasteiger partial charge in [-0.05, 0) is 0 Å². The standard InChI is InChI=1S/C23H27NO3Se/c1-2-20-13-9-10-16-24(23(25)26-17-19-11-5-3-6-12-19)22(27-20)18-28-21-14-7-4-8-15-21/h2-8,11-12,14-15,20,22H,1,9-10,13,16-18H2. The summed E-state index contributed by atoms with van der Waals surface area (Å²) < 4.78 is 13.2. The van der Waals surface area contributed by atoms with E-state index in [2.05, 4.69) is 30.8 Å². The Bertz CT molecular complexity index is 738. The molecule has 1 heterocycles. The first-order valence-corrected chi connectivity index (χ1v) is 11.8. The molecule has 2 aromatic rings. The average Bonchev–Trinajstić information content (AvgIpc) is 2.73. The summed E-state index contributed by atoms with van der Waals surface area (Å²) >= 11 is 0.217. The molecule has 0 radical (unpaired) electrons. The SMILES string of the molecule is C=CC1CCCCN(C(=O)OCc2ccccc2)C(C[Se]c2ccccc2)O1. The minimum absolute atomic E-state index is 0.0266. The van der Waals surface area contributed by atoms with Gasteiger partial charge in [0.1, 0.15) is 0 Å². The van der Waals surface area contributed by atoms with E-state index in [0.29, 0.717) is 6.54 Å². The predicted molar refractivity (Wildman–Crippen MR) is 113 cm³/mol. The number of amides is 1. The van der Waals surface area contributed by atoms with Gasteiger partial charge < -0.3 is 0 Å². The third-order valence-electron chi connectivity index (χ3n) is 4.66. The van der Waals surface area contributed by atoms with E-state index in [4.69, 9.17) is 9.47 Å². The number of nitrogens with zero attached hydrogens (tertiary/aromatic N) is 1. The Morgan fingerprint density at radius 1 is 1.14 bits per heavy atom. The van der Waals surface area contributed by atoms with Crippen molar-refractivity contribution in [2.45, 2.75) is 43.5 Å². The molecule has 2 unspecified atom stereocenters. The van der Waals surface area contributed by atoms with Crippen molar-refractivity contribution in [3.63, 3.8) is 0 Å². The molecule has 148 valence electrons. The van der Waals surface area contributed by atoms with Gasteiger partial charge in [-0.3, -0.25) is 0 Å². The summed E-state index contributed by atoms with van der Waals surface area (Å²) in [5.41, 5.74) is 0.984. The Balaban J connectivity index is 1.67. The summed E-state index contributed by atoms with van der Waals surface area (Å²) in [6.07, 6.45) is 4.14. The quantitative estimate of drug-likeness (QED) is 0.496. The summed E-state index contributed by atoms with van der Waals surface area (Å²) in [6.45, 7) is 4.84. The molecule has 2 aromatic carbocycles. The van der Waals surface area contributed by atoms with Crippen LogP contribution in [0.3, 0.4) is 0 Å². The van der Waals surface area contributed by atoms with Crippen LogP contribution in [0, 0.1) is 0 Å². The summed E-state index contributed by atoms with van der Waals surface area (Å²) in [7, 11) is 0. The van der Waals surface area contributed by atoms with E-state index >= 15 is 0 Å². The van der Waals surface area contributed by atoms with Gasteiger partial charge in [-0.1, -0.05) is 0 Å². The first-order valence-electron chi connectivity index (χ1n) is 9.69. The van der Waals surface area contributed by atoms with Crippen LogP contribution in [0.1, 0.15) is 24.8 Å². The van der Waals surface area contributed by atoms with Gasteiger partial charge in [0.15, 0.2) is 0 Å². The fourth-order valence-electron chi connectivity index (χ4n) is 3.11. The summed E-state index contributed by atoms with van der Waals surface area (Å²) in [6, 6.07) is 20.1. The number of ether oxygens (including phenoxy) is 2. The van der Waals surface area contributed by atoms with Crippen molar-refractivity contribution < 1.29 is 14.3 Å². The second-order valence-electron chi connectivity index (χ2n) is 6.72. The number of carbonyl (C=O) groups is 1. The molecule has 2 atom stereocenters. The Morgan fingerprint density at radius 3 is 2.57 bits per heavy atom. The maximum absolute atomic E-state index is 12.9. The van der Waals surface area contributed by atoms with Crippen molar-refractivity contribution in [1.29, 1.82) is 0 Å². The Morgan fingerprint density at radius 2 is 1.86 bits per heavy atom. The van der Waals surface area contributed by atoms with Crippen LogP contribution in [0.4, 0.5) is 4.79 Å². The van der Waals surface area contributed by atoms with Gasteiger partial charge in [0.2, 0.25) is 0 Å². The van der Waals surface area contributed by atoms with Crippen LogP contribution in [-0.2, 0) is 16.1 Å². The summed E-state index contributed by atoms with van der Waals surface area (Å²) in [4.78, 5) is 14.6. The fraction of sp³-hybridized carbons (Fsp3) is 0.348. The van der Waals surface area contributed by atoms with Crippen molar-refractivity contribution in [2.75, 3.05) is 6.54 Å². The van der Waals surface area contributed by atoms with Crippen molar-refractivity contribution >= 4 is 25.5 Å². The Kier molecular flexibility index (Phi) is 8.16.